The SMILES string of the molecule is C=CC(F)C=CC(=O)O. The molecule has 1 unspecified atom stereocenters. The number of alkyl halides is 1. The minimum Gasteiger partial charge on any atom is -0.478 e. The lowest BCUT2D eigenvalue weighted by atomic mass is 10.3. The largest absolute Gasteiger partial charge is 0.478 e. The van der Waals surface area contributed by atoms with Gasteiger partial charge in [0.2, 0.25) is 0 Å². The van der Waals surface area contributed by atoms with Gasteiger partial charge < -0.3 is 5.11 Å². The number of hydrogen-bond acceptors (Lipinski definition) is 1. The van der Waals surface area contributed by atoms with E-state index in [0.29, 0.717) is 0 Å². The molecule has 0 fully saturated rings. The number of aliphatic carboxylic acids is 1. The lowest BCUT2D eigenvalue weighted by Gasteiger charge is -1.87. The fraction of sp³-hybridized carbons (Fsp3) is 0.167. The van der Waals surface area contributed by atoms with Gasteiger partial charge in [-0.05, 0) is 6.08 Å². The molecule has 0 aliphatic carbocycles. The van der Waals surface area contributed by atoms with Gasteiger partial charge in [-0.15, -0.1) is 0 Å². The van der Waals surface area contributed by atoms with Crippen molar-refractivity contribution >= 4 is 5.97 Å². The third-order valence-corrected chi connectivity index (χ3v) is 0.648. The van der Waals surface area contributed by atoms with Crippen LogP contribution < -0.4 is 0 Å². The minimum absolute atomic E-state index is 0.742. The van der Waals surface area contributed by atoms with Crippen molar-refractivity contribution in [2.45, 2.75) is 6.17 Å². The molecule has 0 saturated heterocycles. The average molecular weight is 130 g/mol. The molecular formula is C6H7FO2. The number of halogens is 1. The smallest absolute Gasteiger partial charge is 0.328 e. The van der Waals surface area contributed by atoms with Gasteiger partial charge in [-0.2, -0.15) is 0 Å². The molecule has 0 saturated carbocycles. The standard InChI is InChI=1S/C6H7FO2/c1-2-5(7)3-4-6(8)9/h2-5H,1H2,(H,8,9). The summed E-state index contributed by atoms with van der Waals surface area (Å²) in [5, 5.41) is 7.97. The van der Waals surface area contributed by atoms with Crippen molar-refractivity contribution in [3.63, 3.8) is 0 Å². The van der Waals surface area contributed by atoms with Crippen LogP contribution in [-0.2, 0) is 4.79 Å². The Labute approximate surface area is 52.3 Å². The first-order chi connectivity index (χ1) is 4.16. The Hall–Kier alpha value is -1.12. The van der Waals surface area contributed by atoms with Gasteiger partial charge in [0.1, 0.15) is 6.17 Å². The van der Waals surface area contributed by atoms with Crippen LogP contribution in [0.2, 0.25) is 0 Å². The maximum atomic E-state index is 12.0. The van der Waals surface area contributed by atoms with E-state index in [4.69, 9.17) is 5.11 Å². The normalized spacial score (nSPS) is 13.4. The fourth-order valence-electron chi connectivity index (χ4n) is 0.253. The molecule has 0 aliphatic heterocycles. The molecule has 2 nitrogen and oxygen atoms in total. The third kappa shape index (κ3) is 4.74. The van der Waals surface area contributed by atoms with Crippen LogP contribution >= 0.6 is 0 Å². The van der Waals surface area contributed by atoms with Crippen LogP contribution in [0.4, 0.5) is 4.39 Å². The van der Waals surface area contributed by atoms with Crippen molar-refractivity contribution in [1.29, 1.82) is 0 Å². The summed E-state index contributed by atoms with van der Waals surface area (Å²) in [6.45, 7) is 3.12. The molecule has 50 valence electrons. The van der Waals surface area contributed by atoms with Gasteiger partial charge >= 0.3 is 5.97 Å². The summed E-state index contributed by atoms with van der Waals surface area (Å²) in [6.07, 6.45) is 1.31. The first-order valence-electron chi connectivity index (χ1n) is 2.34. The first-order valence-corrected chi connectivity index (χ1v) is 2.34. The van der Waals surface area contributed by atoms with Crippen molar-refractivity contribution in [3.05, 3.63) is 24.8 Å². The van der Waals surface area contributed by atoms with E-state index < -0.39 is 12.1 Å². The van der Waals surface area contributed by atoms with E-state index in [2.05, 4.69) is 6.58 Å². The second kappa shape index (κ2) is 3.83. The molecule has 0 aromatic carbocycles. The number of rotatable bonds is 3. The average Bonchev–Trinajstić information content (AvgIpc) is 1.83. The van der Waals surface area contributed by atoms with Gasteiger partial charge in [0.05, 0.1) is 0 Å². The van der Waals surface area contributed by atoms with Crippen LogP contribution in [0.5, 0.6) is 0 Å². The maximum absolute atomic E-state index is 12.0. The Balaban J connectivity index is 3.69. The fourth-order valence-corrected chi connectivity index (χ4v) is 0.253. The zero-order valence-corrected chi connectivity index (χ0v) is 4.75. The Morgan fingerprint density at radius 1 is 1.78 bits per heavy atom. The summed E-state index contributed by atoms with van der Waals surface area (Å²) < 4.78 is 12.0. The quantitative estimate of drug-likeness (QED) is 0.459. The third-order valence-electron chi connectivity index (χ3n) is 0.648. The lowest BCUT2D eigenvalue weighted by Crippen LogP contribution is -1.91. The van der Waals surface area contributed by atoms with Gasteiger partial charge in [0.15, 0.2) is 0 Å². The van der Waals surface area contributed by atoms with E-state index in [1.54, 1.807) is 0 Å². The number of carboxylic acids is 1. The minimum atomic E-state index is -1.36. The second-order valence-electron chi connectivity index (χ2n) is 1.38. The molecular weight excluding hydrogens is 123 g/mol. The molecule has 0 spiro atoms. The van der Waals surface area contributed by atoms with Crippen LogP contribution in [0, 0.1) is 0 Å². The van der Waals surface area contributed by atoms with Crippen molar-refractivity contribution in [1.82, 2.24) is 0 Å². The van der Waals surface area contributed by atoms with Crippen molar-refractivity contribution in [3.8, 4) is 0 Å². The van der Waals surface area contributed by atoms with Crippen molar-refractivity contribution < 1.29 is 14.3 Å². The molecule has 1 atom stereocenters. The van der Waals surface area contributed by atoms with Gasteiger partial charge in [-0.25, -0.2) is 9.18 Å². The van der Waals surface area contributed by atoms with E-state index in [9.17, 15) is 9.18 Å². The maximum Gasteiger partial charge on any atom is 0.328 e. The molecule has 0 rings (SSSR count). The molecule has 0 amide bonds. The molecule has 0 bridgehead atoms. The van der Waals surface area contributed by atoms with E-state index in [-0.39, 0.29) is 0 Å². The van der Waals surface area contributed by atoms with Gasteiger partial charge in [-0.3, -0.25) is 0 Å². The predicted octanol–water partition coefficient (Wildman–Crippen LogP) is 1.15. The monoisotopic (exact) mass is 130 g/mol. The molecule has 0 aromatic rings. The second-order valence-corrected chi connectivity index (χ2v) is 1.38. The molecule has 9 heavy (non-hydrogen) atoms. The molecule has 3 heteroatoms. The highest BCUT2D eigenvalue weighted by molar-refractivity contribution is 5.79. The number of carboxylic acid groups (broad SMARTS) is 1. The topological polar surface area (TPSA) is 37.3 Å². The first kappa shape index (κ1) is 7.88. The Bertz CT molecular complexity index is 140. The van der Waals surface area contributed by atoms with Crippen molar-refractivity contribution in [2.24, 2.45) is 0 Å². The Morgan fingerprint density at radius 3 is 2.67 bits per heavy atom. The van der Waals surface area contributed by atoms with Crippen LogP contribution in [0.3, 0.4) is 0 Å². The lowest BCUT2D eigenvalue weighted by molar-refractivity contribution is -0.131. The van der Waals surface area contributed by atoms with Gasteiger partial charge in [-0.1, -0.05) is 12.7 Å². The van der Waals surface area contributed by atoms with Gasteiger partial charge in [0.25, 0.3) is 0 Å². The van der Waals surface area contributed by atoms with E-state index in [1.807, 2.05) is 0 Å². The van der Waals surface area contributed by atoms with Crippen LogP contribution in [0.1, 0.15) is 0 Å². The summed E-state index contributed by atoms with van der Waals surface area (Å²) >= 11 is 0. The van der Waals surface area contributed by atoms with Crippen molar-refractivity contribution in [2.75, 3.05) is 0 Å². The molecule has 0 radical (unpaired) electrons. The van der Waals surface area contributed by atoms with Crippen LogP contribution in [-0.4, -0.2) is 17.2 Å². The Morgan fingerprint density at radius 2 is 2.33 bits per heavy atom. The highest BCUT2D eigenvalue weighted by Gasteiger charge is 1.92. The number of hydrogen-bond donors (Lipinski definition) is 1. The van der Waals surface area contributed by atoms with Gasteiger partial charge in [0, 0.05) is 6.08 Å². The zero-order valence-electron chi connectivity index (χ0n) is 4.75. The van der Waals surface area contributed by atoms with E-state index >= 15 is 0 Å². The summed E-state index contributed by atoms with van der Waals surface area (Å²) in [5.74, 6) is -1.15. The van der Waals surface area contributed by atoms with Crippen LogP contribution in [0.15, 0.2) is 24.8 Å². The summed E-state index contributed by atoms with van der Waals surface area (Å²) in [6, 6.07) is 0. The van der Waals surface area contributed by atoms with Crippen LogP contribution in [0.25, 0.3) is 0 Å². The molecule has 0 heterocycles. The zero-order chi connectivity index (χ0) is 7.28. The highest BCUT2D eigenvalue weighted by Crippen LogP contribution is 1.92. The molecule has 1 N–H and O–H groups in total. The van der Waals surface area contributed by atoms with E-state index in [1.165, 1.54) is 0 Å². The summed E-state index contributed by atoms with van der Waals surface area (Å²) in [7, 11) is 0. The molecule has 0 aliphatic rings. The number of carbonyl (C=O) groups is 1. The summed E-state index contributed by atoms with van der Waals surface area (Å²) in [5.41, 5.74) is 0. The predicted molar refractivity (Wildman–Crippen MR) is 31.9 cm³/mol. The van der Waals surface area contributed by atoms with E-state index in [0.717, 1.165) is 18.2 Å². The molecule has 0 aromatic heterocycles. The Kier molecular flexibility index (Phi) is 3.35. The number of allylic oxidation sites excluding steroid dienone is 2. The highest BCUT2D eigenvalue weighted by atomic mass is 19.1. The summed E-state index contributed by atoms with van der Waals surface area (Å²) in [4.78, 5) is 9.73.